The molecule has 2 aromatic heterocycles. The van der Waals surface area contributed by atoms with Crippen molar-refractivity contribution in [2.45, 2.75) is 69.2 Å². The number of alkyl halides is 3. The van der Waals surface area contributed by atoms with Crippen LogP contribution in [0.15, 0.2) is 49.1 Å². The van der Waals surface area contributed by atoms with Crippen molar-refractivity contribution in [2.75, 3.05) is 65.0 Å². The van der Waals surface area contributed by atoms with Gasteiger partial charge in [-0.1, -0.05) is 6.07 Å². The lowest BCUT2D eigenvalue weighted by Crippen LogP contribution is -2.43. The quantitative estimate of drug-likeness (QED) is 0.138. The van der Waals surface area contributed by atoms with Gasteiger partial charge in [0.15, 0.2) is 0 Å². The highest BCUT2D eigenvalue weighted by Gasteiger charge is 2.42. The molecule has 3 fully saturated rings. The van der Waals surface area contributed by atoms with Gasteiger partial charge in [0.25, 0.3) is 0 Å². The third kappa shape index (κ3) is 11.4. The fourth-order valence-electron chi connectivity index (χ4n) is 7.84. The monoisotopic (exact) mass is 825 g/mol. The van der Waals surface area contributed by atoms with E-state index in [0.717, 1.165) is 17.7 Å². The second-order valence-electron chi connectivity index (χ2n) is 15.0. The van der Waals surface area contributed by atoms with Crippen LogP contribution < -0.4 is 21.3 Å². The van der Waals surface area contributed by atoms with Crippen LogP contribution in [0.1, 0.15) is 62.1 Å². The van der Waals surface area contributed by atoms with Gasteiger partial charge in [-0.2, -0.15) is 13.2 Å². The molecule has 3 atom stereocenters. The van der Waals surface area contributed by atoms with Crippen molar-refractivity contribution in [3.05, 3.63) is 60.2 Å². The first-order valence-electron chi connectivity index (χ1n) is 19.9. The maximum Gasteiger partial charge on any atom is 0.416 e. The largest absolute Gasteiger partial charge is 0.416 e. The highest BCUT2D eigenvalue weighted by Crippen LogP contribution is 2.37. The van der Waals surface area contributed by atoms with Crippen molar-refractivity contribution in [1.82, 2.24) is 40.7 Å². The molecule has 1 aromatic carbocycles. The Bertz CT molecular complexity index is 1950. The molecule has 59 heavy (non-hydrogen) atoms. The molecule has 6 rings (SSSR count). The fourth-order valence-corrected chi connectivity index (χ4v) is 7.84. The summed E-state index contributed by atoms with van der Waals surface area (Å²) in [7, 11) is 1.69. The van der Waals surface area contributed by atoms with Crippen LogP contribution in [-0.4, -0.2) is 126 Å². The number of nitrogens with one attached hydrogen (secondary N) is 4. The van der Waals surface area contributed by atoms with Crippen LogP contribution in [0.4, 0.5) is 19.0 Å². The van der Waals surface area contributed by atoms with Gasteiger partial charge in [0.05, 0.1) is 49.5 Å². The molecule has 5 amide bonds. The van der Waals surface area contributed by atoms with Gasteiger partial charge >= 0.3 is 6.18 Å². The Morgan fingerprint density at radius 3 is 2.42 bits per heavy atom. The highest BCUT2D eigenvalue weighted by molar-refractivity contribution is 5.93. The van der Waals surface area contributed by atoms with E-state index in [1.165, 1.54) is 12.4 Å². The number of ether oxygens (including phenoxy) is 2. The van der Waals surface area contributed by atoms with Gasteiger partial charge in [0.2, 0.25) is 29.5 Å². The molecule has 3 aliphatic rings. The second-order valence-corrected chi connectivity index (χ2v) is 15.0. The van der Waals surface area contributed by atoms with Crippen LogP contribution in [-0.2, 0) is 39.6 Å². The van der Waals surface area contributed by atoms with Crippen molar-refractivity contribution >= 4 is 46.3 Å². The van der Waals surface area contributed by atoms with Crippen molar-refractivity contribution in [1.29, 1.82) is 0 Å². The van der Waals surface area contributed by atoms with Gasteiger partial charge in [-0.05, 0) is 61.9 Å². The van der Waals surface area contributed by atoms with Crippen LogP contribution in [0.25, 0.3) is 10.9 Å². The summed E-state index contributed by atoms with van der Waals surface area (Å²) in [6, 6.07) is 5.76. The normalized spacial score (nSPS) is 22.1. The summed E-state index contributed by atoms with van der Waals surface area (Å²) >= 11 is 0. The van der Waals surface area contributed by atoms with E-state index in [2.05, 4.69) is 36.2 Å². The molecular formula is C40H50F3N9O7. The lowest BCUT2D eigenvalue weighted by Gasteiger charge is -2.28. The van der Waals surface area contributed by atoms with Gasteiger partial charge in [-0.25, -0.2) is 9.97 Å². The number of halogens is 3. The predicted molar refractivity (Wildman–Crippen MR) is 207 cm³/mol. The van der Waals surface area contributed by atoms with Crippen LogP contribution in [0.2, 0.25) is 0 Å². The number of fused-ring (bicyclic) bond motifs is 1. The van der Waals surface area contributed by atoms with E-state index in [1.54, 1.807) is 35.3 Å². The molecular weight excluding hydrogens is 775 g/mol. The molecule has 318 valence electrons. The molecule has 0 radical (unpaired) electrons. The summed E-state index contributed by atoms with van der Waals surface area (Å²) in [6.45, 7) is 2.32. The Hall–Kier alpha value is -5.43. The predicted octanol–water partition coefficient (Wildman–Crippen LogP) is 2.61. The summed E-state index contributed by atoms with van der Waals surface area (Å²) in [5.74, 6) is -1.34. The summed E-state index contributed by atoms with van der Waals surface area (Å²) in [6.07, 6.45) is 3.31. The minimum absolute atomic E-state index is 0.0359. The Labute approximate surface area is 339 Å². The van der Waals surface area contributed by atoms with E-state index in [9.17, 15) is 37.1 Å². The molecule has 0 bridgehead atoms. The summed E-state index contributed by atoms with van der Waals surface area (Å²) in [5.41, 5.74) is 0.301. The number of aromatic nitrogens is 3. The van der Waals surface area contributed by atoms with E-state index in [1.807, 2.05) is 6.07 Å². The van der Waals surface area contributed by atoms with E-state index in [4.69, 9.17) is 9.47 Å². The molecule has 1 aliphatic carbocycles. The number of anilines is 1. The number of carbonyl (C=O) groups is 5. The summed E-state index contributed by atoms with van der Waals surface area (Å²) < 4.78 is 51.0. The smallest absolute Gasteiger partial charge is 0.379 e. The third-order valence-electron chi connectivity index (χ3n) is 11.1. The molecule has 2 saturated heterocycles. The maximum absolute atomic E-state index is 13.3. The standard InChI is InChI=1S/C40H50F3N9O7/c1-51-34(54)22-30(35(51)26-3-2-12-44-23-26)38(56)46-14-18-59-20-19-58-17-11-33(53)49-28-7-4-25(5-8-28)37(55)45-13-16-52-15-10-32(39(52)57)50-36-29-21-27(40(41,42)43)6-9-31(29)47-24-48-36/h2-3,6,9,12,21,23-25,28,30,32,35H,4-5,7-8,10-11,13-20,22H2,1H3,(H,45,55)(H,46,56)(H,49,53)(H,47,48,50)/t25-,28+,30-,32-,35+/m0/s1. The average Bonchev–Trinajstić information content (AvgIpc) is 3.73. The minimum Gasteiger partial charge on any atom is -0.379 e. The summed E-state index contributed by atoms with van der Waals surface area (Å²) in [5, 5.41) is 11.9. The van der Waals surface area contributed by atoms with E-state index >= 15 is 0 Å². The molecule has 0 spiro atoms. The number of rotatable bonds is 18. The van der Waals surface area contributed by atoms with Crippen molar-refractivity contribution in [3.63, 3.8) is 0 Å². The Kier molecular flexibility index (Phi) is 14.6. The number of hydrogen-bond donors (Lipinski definition) is 4. The van der Waals surface area contributed by atoms with E-state index in [-0.39, 0.29) is 111 Å². The number of likely N-dealkylation sites (tertiary alicyclic amines) is 2. The maximum atomic E-state index is 13.3. The lowest BCUT2D eigenvalue weighted by atomic mass is 9.85. The van der Waals surface area contributed by atoms with Gasteiger partial charge in [0, 0.05) is 75.8 Å². The number of benzene rings is 1. The minimum atomic E-state index is -4.53. The summed E-state index contributed by atoms with van der Waals surface area (Å²) in [4.78, 5) is 79.1. The Balaban J connectivity index is 0.788. The lowest BCUT2D eigenvalue weighted by molar-refractivity contribution is -0.137. The van der Waals surface area contributed by atoms with Gasteiger partial charge in [0.1, 0.15) is 18.2 Å². The molecule has 16 nitrogen and oxygen atoms in total. The fraction of sp³-hybridized carbons (Fsp3) is 0.550. The molecule has 1 saturated carbocycles. The topological polar surface area (TPSA) is 197 Å². The molecule has 4 N–H and O–H groups in total. The first-order chi connectivity index (χ1) is 28.4. The van der Waals surface area contributed by atoms with Crippen molar-refractivity contribution in [2.24, 2.45) is 11.8 Å². The van der Waals surface area contributed by atoms with Crippen molar-refractivity contribution in [3.8, 4) is 0 Å². The first kappa shape index (κ1) is 43.2. The van der Waals surface area contributed by atoms with Crippen LogP contribution in [0, 0.1) is 11.8 Å². The van der Waals surface area contributed by atoms with E-state index < -0.39 is 23.7 Å². The molecule has 19 heteroatoms. The molecule has 3 aromatic rings. The average molecular weight is 826 g/mol. The Morgan fingerprint density at radius 1 is 0.915 bits per heavy atom. The molecule has 2 aliphatic heterocycles. The van der Waals surface area contributed by atoms with Gasteiger partial charge in [-0.3, -0.25) is 29.0 Å². The van der Waals surface area contributed by atoms with Gasteiger partial charge < -0.3 is 40.5 Å². The van der Waals surface area contributed by atoms with Crippen LogP contribution in [0.5, 0.6) is 0 Å². The second kappa shape index (κ2) is 20.0. The van der Waals surface area contributed by atoms with Gasteiger partial charge in [-0.15, -0.1) is 0 Å². The molecule has 0 unspecified atom stereocenters. The van der Waals surface area contributed by atoms with Crippen molar-refractivity contribution < 1.29 is 46.6 Å². The zero-order valence-corrected chi connectivity index (χ0v) is 32.8. The van der Waals surface area contributed by atoms with Crippen LogP contribution in [0.3, 0.4) is 0 Å². The third-order valence-corrected chi connectivity index (χ3v) is 11.1. The number of nitrogens with zero attached hydrogens (tertiary/aromatic N) is 5. The molecule has 4 heterocycles. The SMILES string of the molecule is CN1C(=O)C[C@H](C(=O)NCCOCCOCCC(=O)N[C@H]2CC[C@@H](C(=O)NCCN3CC[C@H](Nc4ncnc5ccc(C(F)(F)F)cc45)C3=O)CC2)[C@H]1c1cccnc1. The zero-order valence-electron chi connectivity index (χ0n) is 32.8. The zero-order chi connectivity index (χ0) is 41.9. The Morgan fingerprint density at radius 2 is 1.68 bits per heavy atom. The van der Waals surface area contributed by atoms with Crippen LogP contribution >= 0.6 is 0 Å². The number of hydrogen-bond acceptors (Lipinski definition) is 11. The highest BCUT2D eigenvalue weighted by atomic mass is 19.4. The number of pyridine rings is 1. The number of amides is 5. The number of carbonyl (C=O) groups excluding carboxylic acids is 5. The first-order valence-corrected chi connectivity index (χ1v) is 19.9. The van der Waals surface area contributed by atoms with E-state index in [0.29, 0.717) is 50.7 Å².